The lowest BCUT2D eigenvalue weighted by Crippen LogP contribution is -2.37. The molecular formula is C5H11N3O. The number of nitrogens with zero attached hydrogens (tertiary/aromatic N) is 1. The molecular weight excluding hydrogens is 118 g/mol. The molecule has 0 aliphatic heterocycles. The van der Waals surface area contributed by atoms with Crippen LogP contribution in [0.4, 0.5) is 0 Å². The third-order valence-electron chi connectivity index (χ3n) is 0.742. The largest absolute Gasteiger partial charge is 0.349 e. The molecule has 4 heteroatoms. The zero-order chi connectivity index (χ0) is 7.44. The first-order valence-electron chi connectivity index (χ1n) is 2.57. The second-order valence-corrected chi connectivity index (χ2v) is 1.92. The van der Waals surface area contributed by atoms with Crippen LogP contribution in [0.1, 0.15) is 6.92 Å². The molecule has 0 saturated carbocycles. The second-order valence-electron chi connectivity index (χ2n) is 1.92. The molecule has 4 nitrogen and oxygen atoms in total. The van der Waals surface area contributed by atoms with E-state index in [1.165, 1.54) is 11.8 Å². The zero-order valence-corrected chi connectivity index (χ0v) is 5.86. The summed E-state index contributed by atoms with van der Waals surface area (Å²) in [7, 11) is 3.39. The minimum absolute atomic E-state index is 0.113. The number of hydrogen-bond acceptors (Lipinski definition) is 2. The van der Waals surface area contributed by atoms with Crippen LogP contribution in [0.5, 0.6) is 0 Å². The van der Waals surface area contributed by atoms with Crippen molar-refractivity contribution in [3.05, 3.63) is 0 Å². The first-order chi connectivity index (χ1) is 4.04. The summed E-state index contributed by atoms with van der Waals surface area (Å²) < 4.78 is 0. The Kier molecular flexibility index (Phi) is 2.70. The standard InChI is InChI=1S/C5H11N3O/c1-4(9)7-5(6)8(2)3/h1-3H3,(H2,6,7,9). The molecule has 0 rings (SSSR count). The van der Waals surface area contributed by atoms with E-state index in [-0.39, 0.29) is 11.9 Å². The fourth-order valence-electron chi connectivity index (χ4n) is 0.279. The third-order valence-corrected chi connectivity index (χ3v) is 0.742. The van der Waals surface area contributed by atoms with Gasteiger partial charge in [-0.25, -0.2) is 0 Å². The first-order valence-corrected chi connectivity index (χ1v) is 2.57. The Labute approximate surface area is 54.4 Å². The van der Waals surface area contributed by atoms with Crippen LogP contribution in [0.3, 0.4) is 0 Å². The van der Waals surface area contributed by atoms with Crippen molar-refractivity contribution >= 4 is 11.9 Å². The fraction of sp³-hybridized carbons (Fsp3) is 0.600. The molecule has 0 unspecified atom stereocenters. The molecule has 0 aromatic rings. The predicted molar refractivity (Wildman–Crippen MR) is 35.2 cm³/mol. The highest BCUT2D eigenvalue weighted by atomic mass is 16.1. The molecule has 0 fully saturated rings. The van der Waals surface area contributed by atoms with Crippen molar-refractivity contribution in [1.29, 1.82) is 5.41 Å². The molecule has 2 N–H and O–H groups in total. The van der Waals surface area contributed by atoms with Crippen molar-refractivity contribution in [2.45, 2.75) is 6.92 Å². The number of carbonyl (C=O) groups excluding carboxylic acids is 1. The van der Waals surface area contributed by atoms with E-state index in [2.05, 4.69) is 5.32 Å². The van der Waals surface area contributed by atoms with Gasteiger partial charge in [-0.05, 0) is 0 Å². The average molecular weight is 129 g/mol. The molecule has 9 heavy (non-hydrogen) atoms. The number of guanidine groups is 1. The SMILES string of the molecule is CC(=O)NC(=N)N(C)C. The molecule has 1 amide bonds. The summed E-state index contributed by atoms with van der Waals surface area (Å²) in [5, 5.41) is 9.38. The van der Waals surface area contributed by atoms with Crippen LogP contribution in [0.25, 0.3) is 0 Å². The molecule has 0 aromatic carbocycles. The van der Waals surface area contributed by atoms with Crippen LogP contribution in [0.2, 0.25) is 0 Å². The lowest BCUT2D eigenvalue weighted by atomic mass is 10.7. The molecule has 0 spiro atoms. The van der Waals surface area contributed by atoms with Crippen LogP contribution in [-0.2, 0) is 4.79 Å². The Hall–Kier alpha value is -1.06. The summed E-state index contributed by atoms with van der Waals surface area (Å²) in [6.45, 7) is 1.37. The van der Waals surface area contributed by atoms with Gasteiger partial charge in [0, 0.05) is 21.0 Å². The Morgan fingerprint density at radius 1 is 1.56 bits per heavy atom. The highest BCUT2D eigenvalue weighted by Gasteiger charge is 1.97. The molecule has 0 bridgehead atoms. The van der Waals surface area contributed by atoms with E-state index < -0.39 is 0 Å². The maximum Gasteiger partial charge on any atom is 0.223 e. The lowest BCUT2D eigenvalue weighted by molar-refractivity contribution is -0.117. The average Bonchev–Trinajstić information content (AvgIpc) is 1.63. The van der Waals surface area contributed by atoms with Crippen LogP contribution in [-0.4, -0.2) is 30.9 Å². The maximum absolute atomic E-state index is 10.3. The van der Waals surface area contributed by atoms with E-state index >= 15 is 0 Å². The summed E-state index contributed by atoms with van der Waals surface area (Å²) in [4.78, 5) is 11.8. The van der Waals surface area contributed by atoms with E-state index in [4.69, 9.17) is 5.41 Å². The summed E-state index contributed by atoms with van der Waals surface area (Å²) in [6, 6.07) is 0. The van der Waals surface area contributed by atoms with Gasteiger partial charge in [0.1, 0.15) is 0 Å². The molecule has 0 aromatic heterocycles. The topological polar surface area (TPSA) is 56.2 Å². The van der Waals surface area contributed by atoms with Crippen molar-refractivity contribution in [1.82, 2.24) is 10.2 Å². The number of nitrogens with one attached hydrogen (secondary N) is 2. The molecule has 0 atom stereocenters. The van der Waals surface area contributed by atoms with Gasteiger partial charge in [-0.3, -0.25) is 15.5 Å². The molecule has 0 aliphatic rings. The van der Waals surface area contributed by atoms with Gasteiger partial charge in [0.05, 0.1) is 0 Å². The Bertz CT molecular complexity index is 130. The van der Waals surface area contributed by atoms with E-state index in [1.807, 2.05) is 0 Å². The lowest BCUT2D eigenvalue weighted by Gasteiger charge is -2.12. The first kappa shape index (κ1) is 7.94. The molecule has 0 saturated heterocycles. The van der Waals surface area contributed by atoms with Gasteiger partial charge in [-0.2, -0.15) is 0 Å². The Morgan fingerprint density at radius 2 is 2.00 bits per heavy atom. The monoisotopic (exact) mass is 129 g/mol. The summed E-state index contributed by atoms with van der Waals surface area (Å²) in [5.74, 6) is -0.101. The molecule has 0 radical (unpaired) electrons. The van der Waals surface area contributed by atoms with Gasteiger partial charge in [-0.15, -0.1) is 0 Å². The van der Waals surface area contributed by atoms with E-state index in [9.17, 15) is 4.79 Å². The highest BCUT2D eigenvalue weighted by Crippen LogP contribution is 1.72. The van der Waals surface area contributed by atoms with Crippen LogP contribution in [0.15, 0.2) is 0 Å². The minimum atomic E-state index is -0.214. The quantitative estimate of drug-likeness (QED) is 0.346. The summed E-state index contributed by atoms with van der Waals surface area (Å²) in [6.07, 6.45) is 0. The summed E-state index contributed by atoms with van der Waals surface area (Å²) in [5.41, 5.74) is 0. The van der Waals surface area contributed by atoms with Crippen molar-refractivity contribution in [2.75, 3.05) is 14.1 Å². The maximum atomic E-state index is 10.3. The molecule has 0 aliphatic carbocycles. The van der Waals surface area contributed by atoms with Crippen LogP contribution >= 0.6 is 0 Å². The van der Waals surface area contributed by atoms with Gasteiger partial charge in [0.15, 0.2) is 5.96 Å². The smallest absolute Gasteiger partial charge is 0.223 e. The van der Waals surface area contributed by atoms with Crippen molar-refractivity contribution in [2.24, 2.45) is 0 Å². The number of carbonyl (C=O) groups is 1. The predicted octanol–water partition coefficient (Wildman–Crippen LogP) is -0.381. The number of amides is 1. The summed E-state index contributed by atoms with van der Waals surface area (Å²) >= 11 is 0. The van der Waals surface area contributed by atoms with Gasteiger partial charge < -0.3 is 4.90 Å². The van der Waals surface area contributed by atoms with Gasteiger partial charge in [-0.1, -0.05) is 0 Å². The molecule has 0 heterocycles. The van der Waals surface area contributed by atoms with Gasteiger partial charge >= 0.3 is 0 Å². The number of hydrogen-bond donors (Lipinski definition) is 2. The van der Waals surface area contributed by atoms with E-state index in [1.54, 1.807) is 14.1 Å². The van der Waals surface area contributed by atoms with Crippen LogP contribution in [0, 0.1) is 5.41 Å². The van der Waals surface area contributed by atoms with Crippen LogP contribution < -0.4 is 5.32 Å². The van der Waals surface area contributed by atoms with Gasteiger partial charge in [0.2, 0.25) is 5.91 Å². The third kappa shape index (κ3) is 3.52. The van der Waals surface area contributed by atoms with E-state index in [0.29, 0.717) is 0 Å². The van der Waals surface area contributed by atoms with E-state index in [0.717, 1.165) is 0 Å². The minimum Gasteiger partial charge on any atom is -0.349 e. The zero-order valence-electron chi connectivity index (χ0n) is 5.86. The van der Waals surface area contributed by atoms with Crippen molar-refractivity contribution < 1.29 is 4.79 Å². The van der Waals surface area contributed by atoms with Gasteiger partial charge in [0.25, 0.3) is 0 Å². The molecule has 52 valence electrons. The Morgan fingerprint density at radius 3 is 2.11 bits per heavy atom. The van der Waals surface area contributed by atoms with Crippen molar-refractivity contribution in [3.8, 4) is 0 Å². The highest BCUT2D eigenvalue weighted by molar-refractivity contribution is 5.93. The number of rotatable bonds is 0. The normalized spacial score (nSPS) is 8.33. The Balaban J connectivity index is 3.64. The van der Waals surface area contributed by atoms with Crippen molar-refractivity contribution in [3.63, 3.8) is 0 Å². The fourth-order valence-corrected chi connectivity index (χ4v) is 0.279. The second kappa shape index (κ2) is 3.06.